The van der Waals surface area contributed by atoms with Gasteiger partial charge in [-0.1, -0.05) is 0 Å². The van der Waals surface area contributed by atoms with E-state index in [0.717, 1.165) is 25.2 Å². The van der Waals surface area contributed by atoms with Crippen LogP contribution in [0.4, 0.5) is 10.1 Å². The van der Waals surface area contributed by atoms with Crippen molar-refractivity contribution < 1.29 is 9.18 Å². The van der Waals surface area contributed by atoms with Gasteiger partial charge in [-0.2, -0.15) is 0 Å². The lowest BCUT2D eigenvalue weighted by molar-refractivity contribution is -0.120. The Kier molecular flexibility index (Phi) is 5.87. The minimum Gasteiger partial charge on any atom is -0.338 e. The fraction of sp³-hybridized carbons (Fsp3) is 0.412. The third-order valence-electron chi connectivity index (χ3n) is 3.98. The number of aryl methyl sites for hydroxylation is 2. The summed E-state index contributed by atoms with van der Waals surface area (Å²) in [6, 6.07) is 5.51. The average Bonchev–Trinajstić information content (AvgIpc) is 2.94. The second-order valence-corrected chi connectivity index (χ2v) is 5.71. The first-order valence-corrected chi connectivity index (χ1v) is 7.70. The van der Waals surface area contributed by atoms with Crippen LogP contribution < -0.4 is 5.32 Å². The number of hydrogen-bond donors (Lipinski definition) is 1. The van der Waals surface area contributed by atoms with Gasteiger partial charge in [-0.25, -0.2) is 9.37 Å². The molecule has 2 rings (SSSR count). The fourth-order valence-corrected chi connectivity index (χ4v) is 2.30. The zero-order valence-electron chi connectivity index (χ0n) is 13.8. The van der Waals surface area contributed by atoms with Gasteiger partial charge in [0.05, 0.1) is 6.04 Å². The van der Waals surface area contributed by atoms with Crippen molar-refractivity contribution in [1.82, 2.24) is 14.5 Å². The Morgan fingerprint density at radius 1 is 1.39 bits per heavy atom. The number of hydrogen-bond acceptors (Lipinski definition) is 3. The van der Waals surface area contributed by atoms with Gasteiger partial charge in [-0.3, -0.25) is 9.69 Å². The van der Waals surface area contributed by atoms with Gasteiger partial charge in [0.25, 0.3) is 0 Å². The van der Waals surface area contributed by atoms with Crippen molar-refractivity contribution in [2.75, 3.05) is 18.9 Å². The second kappa shape index (κ2) is 7.87. The molecule has 0 aliphatic carbocycles. The van der Waals surface area contributed by atoms with Crippen molar-refractivity contribution in [2.45, 2.75) is 25.8 Å². The molecule has 1 atom stereocenters. The summed E-state index contributed by atoms with van der Waals surface area (Å²) in [5, 5.41) is 2.80. The minimum atomic E-state index is -0.317. The van der Waals surface area contributed by atoms with Crippen molar-refractivity contribution in [3.05, 3.63) is 48.3 Å². The number of nitrogens with zero attached hydrogens (tertiary/aromatic N) is 3. The molecule has 0 aliphatic heterocycles. The monoisotopic (exact) mass is 318 g/mol. The molecule has 1 aromatic carbocycles. The number of amides is 1. The van der Waals surface area contributed by atoms with Crippen LogP contribution >= 0.6 is 0 Å². The van der Waals surface area contributed by atoms with Gasteiger partial charge in [0, 0.05) is 31.5 Å². The van der Waals surface area contributed by atoms with Crippen LogP contribution in [0.5, 0.6) is 0 Å². The molecule has 0 radical (unpaired) electrons. The largest absolute Gasteiger partial charge is 0.338 e. The van der Waals surface area contributed by atoms with Crippen molar-refractivity contribution in [3.63, 3.8) is 0 Å². The molecular formula is C17H23FN4O. The molecule has 124 valence electrons. The number of benzene rings is 1. The van der Waals surface area contributed by atoms with Crippen molar-refractivity contribution in [2.24, 2.45) is 7.05 Å². The number of carbonyl (C=O) groups is 1. The summed E-state index contributed by atoms with van der Waals surface area (Å²) in [4.78, 5) is 18.5. The maximum Gasteiger partial charge on any atom is 0.241 e. The predicted molar refractivity (Wildman–Crippen MR) is 88.7 cm³/mol. The summed E-state index contributed by atoms with van der Waals surface area (Å²) in [5.74, 6) is 0.625. The Labute approximate surface area is 136 Å². The van der Waals surface area contributed by atoms with E-state index in [0.29, 0.717) is 5.69 Å². The summed E-state index contributed by atoms with van der Waals surface area (Å²) >= 11 is 0. The molecule has 1 aromatic heterocycles. The first kappa shape index (κ1) is 17.1. The minimum absolute atomic E-state index is 0.101. The van der Waals surface area contributed by atoms with Crippen LogP contribution in [0.15, 0.2) is 36.7 Å². The summed E-state index contributed by atoms with van der Waals surface area (Å²) < 4.78 is 14.9. The van der Waals surface area contributed by atoms with Crippen molar-refractivity contribution in [1.29, 1.82) is 0 Å². The quantitative estimate of drug-likeness (QED) is 0.853. The molecule has 2 aromatic rings. The van der Waals surface area contributed by atoms with E-state index in [4.69, 9.17) is 0 Å². The van der Waals surface area contributed by atoms with Gasteiger partial charge in [-0.05, 0) is 51.2 Å². The van der Waals surface area contributed by atoms with Crippen LogP contribution in [0.2, 0.25) is 0 Å². The van der Waals surface area contributed by atoms with E-state index in [1.54, 1.807) is 18.3 Å². The molecule has 1 heterocycles. The molecule has 0 spiro atoms. The van der Waals surface area contributed by atoms with Gasteiger partial charge >= 0.3 is 0 Å². The number of halogens is 1. The second-order valence-electron chi connectivity index (χ2n) is 5.71. The predicted octanol–water partition coefficient (Wildman–Crippen LogP) is 2.45. The number of nitrogens with one attached hydrogen (secondary N) is 1. The SMILES string of the molecule is CC(C(=O)Nc1ccc(F)cc1)N(C)CCCc1nccn1C. The number of aromatic nitrogens is 2. The Balaban J connectivity index is 1.79. The molecule has 5 nitrogen and oxygen atoms in total. The molecule has 1 unspecified atom stereocenters. The molecule has 0 saturated carbocycles. The van der Waals surface area contributed by atoms with E-state index in [-0.39, 0.29) is 17.8 Å². The Morgan fingerprint density at radius 2 is 2.09 bits per heavy atom. The maximum absolute atomic E-state index is 12.9. The first-order valence-electron chi connectivity index (χ1n) is 7.70. The van der Waals surface area contributed by atoms with Gasteiger partial charge in [0.2, 0.25) is 5.91 Å². The lowest BCUT2D eigenvalue weighted by Crippen LogP contribution is -2.40. The molecule has 0 fully saturated rings. The highest BCUT2D eigenvalue weighted by Gasteiger charge is 2.18. The van der Waals surface area contributed by atoms with Gasteiger partial charge in [0.1, 0.15) is 11.6 Å². The van der Waals surface area contributed by atoms with Gasteiger partial charge < -0.3 is 9.88 Å². The zero-order valence-corrected chi connectivity index (χ0v) is 13.8. The zero-order chi connectivity index (χ0) is 16.8. The summed E-state index contributed by atoms with van der Waals surface area (Å²) in [5.41, 5.74) is 0.602. The van der Waals surface area contributed by atoms with Gasteiger partial charge in [-0.15, -0.1) is 0 Å². The van der Waals surface area contributed by atoms with Crippen LogP contribution in [-0.4, -0.2) is 40.0 Å². The summed E-state index contributed by atoms with van der Waals surface area (Å²) in [6.45, 7) is 2.66. The molecule has 1 amide bonds. The normalized spacial score (nSPS) is 12.4. The number of anilines is 1. The van der Waals surface area contributed by atoms with Crippen LogP contribution in [0, 0.1) is 5.82 Å². The van der Waals surface area contributed by atoms with Crippen LogP contribution in [0.25, 0.3) is 0 Å². The van der Waals surface area contributed by atoms with Crippen LogP contribution in [0.1, 0.15) is 19.2 Å². The highest BCUT2D eigenvalue weighted by Crippen LogP contribution is 2.10. The van der Waals surface area contributed by atoms with Gasteiger partial charge in [0.15, 0.2) is 0 Å². The molecule has 23 heavy (non-hydrogen) atoms. The number of imidazole rings is 1. The highest BCUT2D eigenvalue weighted by molar-refractivity contribution is 5.94. The van der Waals surface area contributed by atoms with E-state index in [2.05, 4.69) is 10.3 Å². The van der Waals surface area contributed by atoms with E-state index < -0.39 is 0 Å². The standard InChI is InChI=1S/C17H23FN4O/c1-13(17(23)20-15-8-6-14(18)7-9-15)21(2)11-4-5-16-19-10-12-22(16)3/h6-10,12-13H,4-5,11H2,1-3H3,(H,20,23). The van der Waals surface area contributed by atoms with E-state index in [1.165, 1.54) is 12.1 Å². The van der Waals surface area contributed by atoms with Crippen molar-refractivity contribution in [3.8, 4) is 0 Å². The lowest BCUT2D eigenvalue weighted by Gasteiger charge is -2.23. The third kappa shape index (κ3) is 4.89. The van der Waals surface area contributed by atoms with Crippen LogP contribution in [0.3, 0.4) is 0 Å². The van der Waals surface area contributed by atoms with Crippen molar-refractivity contribution >= 4 is 11.6 Å². The van der Waals surface area contributed by atoms with E-state index in [1.807, 2.05) is 36.7 Å². The van der Waals surface area contributed by atoms with Crippen LogP contribution in [-0.2, 0) is 18.3 Å². The molecule has 1 N–H and O–H groups in total. The first-order chi connectivity index (χ1) is 11.0. The molecule has 0 saturated heterocycles. The van der Waals surface area contributed by atoms with E-state index in [9.17, 15) is 9.18 Å². The number of rotatable bonds is 7. The maximum atomic E-state index is 12.9. The van der Waals surface area contributed by atoms with E-state index >= 15 is 0 Å². The topological polar surface area (TPSA) is 50.2 Å². The smallest absolute Gasteiger partial charge is 0.241 e. The number of likely N-dealkylation sites (N-methyl/N-ethyl adjacent to an activating group) is 1. The highest BCUT2D eigenvalue weighted by atomic mass is 19.1. The molecule has 0 aliphatic rings. The Bertz CT molecular complexity index is 638. The average molecular weight is 318 g/mol. The third-order valence-corrected chi connectivity index (χ3v) is 3.98. The Morgan fingerprint density at radius 3 is 2.70 bits per heavy atom. The fourth-order valence-electron chi connectivity index (χ4n) is 2.30. The lowest BCUT2D eigenvalue weighted by atomic mass is 10.2. The molecular weight excluding hydrogens is 295 g/mol. The molecule has 6 heteroatoms. The summed E-state index contributed by atoms with van der Waals surface area (Å²) in [7, 11) is 3.90. The Hall–Kier alpha value is -2.21. The molecule has 0 bridgehead atoms. The number of carbonyl (C=O) groups excluding carboxylic acids is 1. The summed E-state index contributed by atoms with van der Waals surface area (Å²) in [6.07, 6.45) is 5.52.